The minimum absolute atomic E-state index is 0.182. The summed E-state index contributed by atoms with van der Waals surface area (Å²) >= 11 is 0. The van der Waals surface area contributed by atoms with Crippen molar-refractivity contribution >= 4 is 11.6 Å². The summed E-state index contributed by atoms with van der Waals surface area (Å²) in [5.41, 5.74) is 2.11. The number of benzene rings is 1. The van der Waals surface area contributed by atoms with Crippen LogP contribution in [0.1, 0.15) is 43.0 Å². The van der Waals surface area contributed by atoms with E-state index in [1.54, 1.807) is 0 Å². The number of nitrogens with zero attached hydrogens (tertiary/aromatic N) is 1. The molecule has 0 saturated carbocycles. The van der Waals surface area contributed by atoms with Gasteiger partial charge < -0.3 is 15.5 Å². The fourth-order valence-corrected chi connectivity index (χ4v) is 3.74. The van der Waals surface area contributed by atoms with Crippen LogP contribution in [0.25, 0.3) is 0 Å². The molecule has 2 saturated heterocycles. The number of likely N-dealkylation sites (tertiary alicyclic amines) is 1. The molecule has 0 unspecified atom stereocenters. The van der Waals surface area contributed by atoms with E-state index >= 15 is 0 Å². The molecule has 120 valence electrons. The zero-order valence-electron chi connectivity index (χ0n) is 13.5. The van der Waals surface area contributed by atoms with Gasteiger partial charge in [-0.3, -0.25) is 4.79 Å². The zero-order chi connectivity index (χ0) is 15.4. The van der Waals surface area contributed by atoms with E-state index < -0.39 is 0 Å². The summed E-state index contributed by atoms with van der Waals surface area (Å²) in [6, 6.07) is 7.91. The molecule has 3 rings (SSSR count). The predicted octanol–water partition coefficient (Wildman–Crippen LogP) is 2.72. The summed E-state index contributed by atoms with van der Waals surface area (Å²) in [5.74, 6) is 0.182. The maximum Gasteiger partial charge on any atom is 0.255 e. The summed E-state index contributed by atoms with van der Waals surface area (Å²) in [7, 11) is 0. The number of hydrogen-bond acceptors (Lipinski definition) is 3. The highest BCUT2D eigenvalue weighted by Gasteiger charge is 2.40. The van der Waals surface area contributed by atoms with Gasteiger partial charge in [0, 0.05) is 37.3 Å². The van der Waals surface area contributed by atoms with E-state index in [0.717, 1.165) is 56.8 Å². The highest BCUT2D eigenvalue weighted by atomic mass is 16.2. The van der Waals surface area contributed by atoms with Gasteiger partial charge >= 0.3 is 0 Å². The lowest BCUT2D eigenvalue weighted by atomic mass is 9.80. The van der Waals surface area contributed by atoms with Crippen LogP contribution in [0.4, 0.5) is 5.69 Å². The molecule has 0 bridgehead atoms. The number of carbonyl (C=O) groups is 1. The molecule has 2 heterocycles. The van der Waals surface area contributed by atoms with E-state index in [0.29, 0.717) is 5.41 Å². The van der Waals surface area contributed by atoms with Crippen molar-refractivity contribution < 1.29 is 4.79 Å². The molecule has 0 radical (unpaired) electrons. The molecule has 1 atom stereocenters. The Hall–Kier alpha value is -1.55. The number of piperidine rings is 1. The standard InChI is InChI=1S/C18H27N3O/c1-2-10-20-16-7-4-3-6-15(16)17(22)21-12-9-18(14-21)8-5-11-19-13-18/h3-4,6-7,19-20H,2,5,8-14H2,1H3/t18-/m0/s1. The van der Waals surface area contributed by atoms with Crippen molar-refractivity contribution in [3.05, 3.63) is 29.8 Å². The Morgan fingerprint density at radius 1 is 1.36 bits per heavy atom. The third-order valence-electron chi connectivity index (χ3n) is 5.01. The Bertz CT molecular complexity index is 523. The van der Waals surface area contributed by atoms with Crippen molar-refractivity contribution in [2.45, 2.75) is 32.6 Å². The quantitative estimate of drug-likeness (QED) is 0.899. The molecule has 2 N–H and O–H groups in total. The van der Waals surface area contributed by atoms with Crippen LogP contribution in [0.2, 0.25) is 0 Å². The number of carbonyl (C=O) groups excluding carboxylic acids is 1. The molecule has 0 aliphatic carbocycles. The van der Waals surface area contributed by atoms with Gasteiger partial charge in [0.1, 0.15) is 0 Å². The van der Waals surface area contributed by atoms with Crippen molar-refractivity contribution in [1.29, 1.82) is 0 Å². The molecular weight excluding hydrogens is 274 g/mol. The van der Waals surface area contributed by atoms with Crippen LogP contribution < -0.4 is 10.6 Å². The lowest BCUT2D eigenvalue weighted by molar-refractivity contribution is 0.0765. The van der Waals surface area contributed by atoms with Gasteiger partial charge in [0.25, 0.3) is 5.91 Å². The first-order chi connectivity index (χ1) is 10.7. The topological polar surface area (TPSA) is 44.4 Å². The van der Waals surface area contributed by atoms with Crippen molar-refractivity contribution in [1.82, 2.24) is 10.2 Å². The van der Waals surface area contributed by atoms with Crippen LogP contribution >= 0.6 is 0 Å². The number of amides is 1. The molecule has 1 spiro atoms. The highest BCUT2D eigenvalue weighted by Crippen LogP contribution is 2.37. The zero-order valence-corrected chi connectivity index (χ0v) is 13.5. The SMILES string of the molecule is CCCNc1ccccc1C(=O)N1CC[C@]2(CCCNC2)C1. The third kappa shape index (κ3) is 3.12. The van der Waals surface area contributed by atoms with Crippen molar-refractivity contribution in [3.63, 3.8) is 0 Å². The molecule has 1 aromatic carbocycles. The van der Waals surface area contributed by atoms with E-state index in [1.807, 2.05) is 24.3 Å². The average molecular weight is 301 g/mol. The third-order valence-corrected chi connectivity index (χ3v) is 5.01. The Labute approximate surface area is 133 Å². The van der Waals surface area contributed by atoms with E-state index in [1.165, 1.54) is 12.8 Å². The lowest BCUT2D eigenvalue weighted by Crippen LogP contribution is -2.42. The predicted molar refractivity (Wildman–Crippen MR) is 90.3 cm³/mol. The molecule has 2 aliphatic rings. The lowest BCUT2D eigenvalue weighted by Gasteiger charge is -2.33. The molecule has 1 amide bonds. The van der Waals surface area contributed by atoms with E-state index in [4.69, 9.17) is 0 Å². The van der Waals surface area contributed by atoms with E-state index in [2.05, 4.69) is 22.5 Å². The first-order valence-corrected chi connectivity index (χ1v) is 8.57. The summed E-state index contributed by atoms with van der Waals surface area (Å²) in [6.45, 7) is 7.02. The summed E-state index contributed by atoms with van der Waals surface area (Å²) < 4.78 is 0. The molecule has 4 heteroatoms. The van der Waals surface area contributed by atoms with E-state index in [-0.39, 0.29) is 5.91 Å². The van der Waals surface area contributed by atoms with Gasteiger partial charge in [0.2, 0.25) is 0 Å². The van der Waals surface area contributed by atoms with Crippen molar-refractivity contribution in [2.75, 3.05) is 38.0 Å². The maximum atomic E-state index is 12.9. The first kappa shape index (κ1) is 15.3. The van der Waals surface area contributed by atoms with Crippen LogP contribution in [0, 0.1) is 5.41 Å². The van der Waals surface area contributed by atoms with Crippen LogP contribution in [-0.2, 0) is 0 Å². The summed E-state index contributed by atoms with van der Waals surface area (Å²) in [5, 5.41) is 6.88. The molecule has 4 nitrogen and oxygen atoms in total. The second-order valence-corrected chi connectivity index (χ2v) is 6.73. The van der Waals surface area contributed by atoms with Gasteiger partial charge in [0.15, 0.2) is 0 Å². The fraction of sp³-hybridized carbons (Fsp3) is 0.611. The normalized spacial score (nSPS) is 24.7. The summed E-state index contributed by atoms with van der Waals surface area (Å²) in [4.78, 5) is 15.0. The van der Waals surface area contributed by atoms with Gasteiger partial charge in [-0.15, -0.1) is 0 Å². The monoisotopic (exact) mass is 301 g/mol. The molecular formula is C18H27N3O. The van der Waals surface area contributed by atoms with Gasteiger partial charge in [-0.25, -0.2) is 0 Å². The second-order valence-electron chi connectivity index (χ2n) is 6.73. The van der Waals surface area contributed by atoms with Crippen molar-refractivity contribution in [2.24, 2.45) is 5.41 Å². The molecule has 2 aliphatic heterocycles. The molecule has 2 fully saturated rings. The van der Waals surface area contributed by atoms with Crippen LogP contribution in [-0.4, -0.2) is 43.5 Å². The number of nitrogens with one attached hydrogen (secondary N) is 2. The fourth-order valence-electron chi connectivity index (χ4n) is 3.74. The molecule has 22 heavy (non-hydrogen) atoms. The number of rotatable bonds is 4. The van der Waals surface area contributed by atoms with Crippen LogP contribution in [0.3, 0.4) is 0 Å². The minimum Gasteiger partial charge on any atom is -0.384 e. The molecule has 1 aromatic rings. The first-order valence-electron chi connectivity index (χ1n) is 8.57. The number of anilines is 1. The smallest absolute Gasteiger partial charge is 0.255 e. The maximum absolute atomic E-state index is 12.9. The van der Waals surface area contributed by atoms with Gasteiger partial charge in [-0.2, -0.15) is 0 Å². The average Bonchev–Trinajstić information content (AvgIpc) is 2.96. The van der Waals surface area contributed by atoms with Crippen molar-refractivity contribution in [3.8, 4) is 0 Å². The summed E-state index contributed by atoms with van der Waals surface area (Å²) in [6.07, 6.45) is 4.67. The van der Waals surface area contributed by atoms with Crippen LogP contribution in [0.15, 0.2) is 24.3 Å². The highest BCUT2D eigenvalue weighted by molar-refractivity contribution is 5.99. The van der Waals surface area contributed by atoms with Gasteiger partial charge in [0.05, 0.1) is 5.56 Å². The Balaban J connectivity index is 1.72. The minimum atomic E-state index is 0.182. The van der Waals surface area contributed by atoms with Crippen LogP contribution in [0.5, 0.6) is 0 Å². The number of para-hydroxylation sites is 1. The Kier molecular flexibility index (Phi) is 4.67. The second kappa shape index (κ2) is 6.69. The number of hydrogen-bond donors (Lipinski definition) is 2. The van der Waals surface area contributed by atoms with E-state index in [9.17, 15) is 4.79 Å². The Morgan fingerprint density at radius 3 is 3.00 bits per heavy atom. The van der Waals surface area contributed by atoms with Gasteiger partial charge in [-0.1, -0.05) is 19.1 Å². The Morgan fingerprint density at radius 2 is 2.23 bits per heavy atom. The molecule has 0 aromatic heterocycles. The largest absolute Gasteiger partial charge is 0.384 e. The van der Waals surface area contributed by atoms with Gasteiger partial charge in [-0.05, 0) is 44.4 Å².